The van der Waals surface area contributed by atoms with Crippen molar-refractivity contribution in [1.82, 2.24) is 9.80 Å². The van der Waals surface area contributed by atoms with Crippen molar-refractivity contribution in [2.24, 2.45) is 0 Å². The fourth-order valence-corrected chi connectivity index (χ4v) is 7.84. The van der Waals surface area contributed by atoms with Crippen LogP contribution in [0.5, 0.6) is 0 Å². The average Bonchev–Trinajstić information content (AvgIpc) is 3.22. The van der Waals surface area contributed by atoms with Crippen molar-refractivity contribution in [3.05, 3.63) is 69.8 Å². The summed E-state index contributed by atoms with van der Waals surface area (Å²) >= 11 is 0. The molecule has 0 radical (unpaired) electrons. The number of carbonyl (C=O) groups is 4. The van der Waals surface area contributed by atoms with Gasteiger partial charge in [-0.15, -0.1) is 0 Å². The van der Waals surface area contributed by atoms with Gasteiger partial charge in [0.1, 0.15) is 0 Å². The van der Waals surface area contributed by atoms with Crippen molar-refractivity contribution >= 4 is 66.7 Å². The molecule has 0 saturated carbocycles. The average molecular weight is 1000 g/mol. The van der Waals surface area contributed by atoms with Gasteiger partial charge in [-0.05, 0) is 40.4 Å². The second kappa shape index (κ2) is 13.9. The zero-order valence-corrected chi connectivity index (χ0v) is 31.6. The summed E-state index contributed by atoms with van der Waals surface area (Å²) in [6.45, 7) is -6.63. The molecule has 0 N–H and O–H groups in total. The predicted molar refractivity (Wildman–Crippen MR) is 180 cm³/mol. The highest BCUT2D eigenvalue weighted by atomic mass is 19.4. The van der Waals surface area contributed by atoms with Gasteiger partial charge in [0.25, 0.3) is 23.6 Å². The number of nitriles is 2. The van der Waals surface area contributed by atoms with E-state index in [1.165, 1.54) is 12.1 Å². The molecule has 2 aliphatic heterocycles. The van der Waals surface area contributed by atoms with E-state index in [4.69, 9.17) is 0 Å². The molecule has 7 rings (SSSR count). The number of fused-ring (bicyclic) bond motifs is 2. The first-order chi connectivity index (χ1) is 30.7. The van der Waals surface area contributed by atoms with Crippen LogP contribution in [0.25, 0.3) is 43.1 Å². The number of carbonyl (C=O) groups excluding carboxylic acids is 4. The maximum absolute atomic E-state index is 15.0. The van der Waals surface area contributed by atoms with Crippen LogP contribution >= 0.6 is 0 Å². The van der Waals surface area contributed by atoms with E-state index in [0.717, 1.165) is 12.1 Å². The fourth-order valence-electron chi connectivity index (χ4n) is 7.84. The number of imide groups is 2. The van der Waals surface area contributed by atoms with Gasteiger partial charge >= 0.3 is 59.7 Å². The normalized spacial score (nSPS) is 16.2. The molecule has 0 aliphatic carbocycles. The van der Waals surface area contributed by atoms with E-state index in [9.17, 15) is 118 Å². The van der Waals surface area contributed by atoms with Crippen molar-refractivity contribution in [2.75, 3.05) is 13.1 Å². The van der Waals surface area contributed by atoms with Crippen LogP contribution in [0, 0.1) is 22.7 Å². The summed E-state index contributed by atoms with van der Waals surface area (Å²) in [5.41, 5.74) is -6.08. The number of nitrogens with zero attached hydrogens (tertiary/aromatic N) is 4. The highest BCUT2D eigenvalue weighted by Gasteiger charge is 2.88. The molecule has 2 aliphatic rings. The number of hydrogen-bond acceptors (Lipinski definition) is 6. The molecule has 360 valence electrons. The summed E-state index contributed by atoms with van der Waals surface area (Å²) in [6.07, 6.45) is -15.1. The van der Waals surface area contributed by atoms with Gasteiger partial charge in [-0.25, -0.2) is 0 Å². The zero-order chi connectivity index (χ0) is 51.6. The van der Waals surface area contributed by atoms with E-state index in [-0.39, 0.29) is 0 Å². The van der Waals surface area contributed by atoms with E-state index >= 15 is 8.78 Å². The molecular formula is C38H10F22N4O4. The van der Waals surface area contributed by atoms with Crippen molar-refractivity contribution < 1.29 is 116 Å². The van der Waals surface area contributed by atoms with Gasteiger partial charge in [0.15, 0.2) is 0 Å². The number of alkyl halides is 22. The lowest BCUT2D eigenvalue weighted by Gasteiger charge is -2.39. The topological polar surface area (TPSA) is 122 Å². The summed E-state index contributed by atoms with van der Waals surface area (Å²) in [4.78, 5) is 52.6. The number of hydrogen-bond donors (Lipinski definition) is 0. The van der Waals surface area contributed by atoms with E-state index in [2.05, 4.69) is 0 Å². The molecule has 0 aromatic heterocycles. The van der Waals surface area contributed by atoms with Crippen LogP contribution in [0.4, 0.5) is 96.6 Å². The van der Waals surface area contributed by atoms with Gasteiger partial charge in [-0.1, -0.05) is 12.1 Å². The molecule has 5 aromatic carbocycles. The molecule has 8 nitrogen and oxygen atoms in total. The van der Waals surface area contributed by atoms with Crippen LogP contribution in [-0.4, -0.2) is 106 Å². The Kier molecular flexibility index (Phi) is 10.00. The van der Waals surface area contributed by atoms with Gasteiger partial charge in [0.2, 0.25) is 0 Å². The Morgan fingerprint density at radius 3 is 0.956 bits per heavy atom. The van der Waals surface area contributed by atoms with E-state index in [0.29, 0.717) is 24.3 Å². The molecule has 30 heteroatoms. The minimum atomic E-state index is -7.97. The molecule has 0 saturated heterocycles. The number of rotatable bonds is 10. The molecule has 4 amide bonds. The predicted octanol–water partition coefficient (Wildman–Crippen LogP) is 10.9. The lowest BCUT2D eigenvalue weighted by molar-refractivity contribution is -0.422. The first-order valence-electron chi connectivity index (χ1n) is 17.6. The number of benzene rings is 5. The fraction of sp³-hybridized carbons (Fsp3) is 0.316. The van der Waals surface area contributed by atoms with Crippen LogP contribution in [0.15, 0.2) is 36.4 Å². The van der Waals surface area contributed by atoms with E-state index in [1.54, 1.807) is 0 Å². The summed E-state index contributed by atoms with van der Waals surface area (Å²) in [7, 11) is 0. The van der Waals surface area contributed by atoms with Crippen molar-refractivity contribution in [3.8, 4) is 12.1 Å². The summed E-state index contributed by atoms with van der Waals surface area (Å²) in [6, 6.07) is 6.37. The third-order valence-corrected chi connectivity index (χ3v) is 11.2. The Morgan fingerprint density at radius 1 is 0.368 bits per heavy atom. The summed E-state index contributed by atoms with van der Waals surface area (Å²) in [5.74, 6) is -69.2. The quantitative estimate of drug-likeness (QED) is 0.0594. The Bertz CT molecular complexity index is 3060. The lowest BCUT2D eigenvalue weighted by Crippen LogP contribution is -2.68. The smallest absolute Gasteiger partial charge is 0.269 e. The second-order valence-corrected chi connectivity index (χ2v) is 15.0. The van der Waals surface area contributed by atoms with Crippen LogP contribution in [0.3, 0.4) is 0 Å². The van der Waals surface area contributed by atoms with E-state index < -0.39 is 183 Å². The van der Waals surface area contributed by atoms with Crippen LogP contribution in [0.2, 0.25) is 0 Å². The minimum Gasteiger partial charge on any atom is -0.269 e. The van der Waals surface area contributed by atoms with Crippen LogP contribution in [-0.2, 0) is 0 Å². The summed E-state index contributed by atoms with van der Waals surface area (Å²) < 4.78 is 305. The molecule has 0 spiro atoms. The molecule has 0 fully saturated rings. The van der Waals surface area contributed by atoms with Gasteiger partial charge in [-0.2, -0.15) is 107 Å². The van der Waals surface area contributed by atoms with E-state index in [1.807, 2.05) is 0 Å². The number of halogens is 22. The molecule has 0 unspecified atom stereocenters. The van der Waals surface area contributed by atoms with Gasteiger partial charge in [0, 0.05) is 38.1 Å². The highest BCUT2D eigenvalue weighted by Crippen LogP contribution is 2.60. The molecule has 2 heterocycles. The van der Waals surface area contributed by atoms with Gasteiger partial charge < -0.3 is 0 Å². The van der Waals surface area contributed by atoms with Crippen molar-refractivity contribution in [3.63, 3.8) is 0 Å². The summed E-state index contributed by atoms with van der Waals surface area (Å²) in [5, 5.41) is 16.0. The maximum atomic E-state index is 15.0. The molecule has 68 heavy (non-hydrogen) atoms. The second-order valence-electron chi connectivity index (χ2n) is 15.0. The van der Waals surface area contributed by atoms with Crippen molar-refractivity contribution in [2.45, 2.75) is 59.7 Å². The largest absolute Gasteiger partial charge is 0.460 e. The highest BCUT2D eigenvalue weighted by molar-refractivity contribution is 6.42. The first kappa shape index (κ1) is 49.0. The van der Waals surface area contributed by atoms with Gasteiger partial charge in [-0.3, -0.25) is 29.0 Å². The lowest BCUT2D eigenvalue weighted by atomic mass is 9.79. The third-order valence-electron chi connectivity index (χ3n) is 11.2. The maximum Gasteiger partial charge on any atom is 0.460 e. The zero-order valence-electron chi connectivity index (χ0n) is 31.6. The number of amides is 4. The van der Waals surface area contributed by atoms with Crippen LogP contribution < -0.4 is 0 Å². The Morgan fingerprint density at radius 2 is 0.662 bits per heavy atom. The van der Waals surface area contributed by atoms with Crippen LogP contribution in [0.1, 0.15) is 52.6 Å². The molecule has 0 atom stereocenters. The molecule has 0 bridgehead atoms. The Balaban J connectivity index is 1.40. The monoisotopic (exact) mass is 1000 g/mol. The van der Waals surface area contributed by atoms with Crippen molar-refractivity contribution in [1.29, 1.82) is 10.5 Å². The molecular weight excluding hydrogens is 994 g/mol. The van der Waals surface area contributed by atoms with Gasteiger partial charge in [0.05, 0.1) is 47.5 Å². The Labute approximate surface area is 357 Å². The standard InChI is InChI=1S/C38H10F22N4O4/c39-29(40,31(43,44)33(47,48)35(51,52)37(55,56)57)9-63-25(65)15-3-1-13-19-11(7-61)5-17-23-18(6-12(8-62)20(24(19)23)14-2-4-16(26(63)66)22(15)21(13)14)28(68)64(27(17)67)10-30(41,42)32(45,46)34(49,50)36(53,54)38(58,59)60/h1-6H,9-10H2. The molecule has 5 aromatic rings. The minimum absolute atomic E-state index is 0.403. The Hall–Kier alpha value is -6.88. The first-order valence-corrected chi connectivity index (χ1v) is 17.6. The SMILES string of the molecule is N#Cc1cc2c3c(cc(C#N)c4c5ccc6c7c(ccc(c1c34)c75)C(=O)N(CC(F)(F)C(F)(F)C(F)(F)C(F)(F)C(F)(F)F)C6=O)C(=O)N(CC(F)(F)C(F)(F)C(F)(F)C(F)(F)C(F)(F)F)C2=O. The third kappa shape index (κ3) is 5.83.